The number of benzene rings is 1. The topological polar surface area (TPSA) is 95.4 Å². The van der Waals surface area contributed by atoms with Gasteiger partial charge in [0.05, 0.1) is 6.54 Å². The second kappa shape index (κ2) is 5.97. The Morgan fingerprint density at radius 2 is 2.13 bits per heavy atom. The van der Waals surface area contributed by atoms with Gasteiger partial charge >= 0.3 is 0 Å². The molecule has 3 rings (SSSR count). The molecule has 10 heteroatoms. The van der Waals surface area contributed by atoms with E-state index in [0.29, 0.717) is 11.9 Å². The van der Waals surface area contributed by atoms with E-state index >= 15 is 0 Å². The molecular weight excluding hydrogens is 326 g/mol. The van der Waals surface area contributed by atoms with Gasteiger partial charge in [0.1, 0.15) is 35.7 Å². The highest BCUT2D eigenvalue weighted by Crippen LogP contribution is 2.29. The molecule has 0 aliphatic carbocycles. The Kier molecular flexibility index (Phi) is 4.01. The van der Waals surface area contributed by atoms with Gasteiger partial charge in [0.2, 0.25) is 4.77 Å². The van der Waals surface area contributed by atoms with Gasteiger partial charge in [-0.1, -0.05) is 6.07 Å². The Bertz CT molecular complexity index is 861. The molecule has 0 aliphatic heterocycles. The SMILES string of the molecule is OC(Cc1ncn[nH]1)(Cn1[nH]cnc1=S)c1ccc(F)cc1F. The predicted molar refractivity (Wildman–Crippen MR) is 77.8 cm³/mol. The van der Waals surface area contributed by atoms with Crippen molar-refractivity contribution in [2.75, 3.05) is 0 Å². The molecule has 2 aromatic heterocycles. The van der Waals surface area contributed by atoms with Gasteiger partial charge in [0, 0.05) is 18.1 Å². The van der Waals surface area contributed by atoms with Crippen LogP contribution >= 0.6 is 12.2 Å². The highest BCUT2D eigenvalue weighted by atomic mass is 32.1. The lowest BCUT2D eigenvalue weighted by atomic mass is 9.89. The molecule has 7 nitrogen and oxygen atoms in total. The largest absolute Gasteiger partial charge is 0.383 e. The first-order chi connectivity index (χ1) is 11.0. The first-order valence-electron chi connectivity index (χ1n) is 6.60. The second-order valence-corrected chi connectivity index (χ2v) is 5.39. The summed E-state index contributed by atoms with van der Waals surface area (Å²) in [6.07, 6.45) is 2.56. The van der Waals surface area contributed by atoms with Crippen LogP contribution in [0.25, 0.3) is 0 Å². The fourth-order valence-corrected chi connectivity index (χ4v) is 2.52. The fourth-order valence-electron chi connectivity index (χ4n) is 2.35. The summed E-state index contributed by atoms with van der Waals surface area (Å²) < 4.78 is 28.9. The number of nitrogens with one attached hydrogen (secondary N) is 2. The molecule has 0 saturated heterocycles. The number of H-pyrrole nitrogens is 2. The lowest BCUT2D eigenvalue weighted by Gasteiger charge is -2.28. The minimum Gasteiger partial charge on any atom is -0.383 e. The van der Waals surface area contributed by atoms with E-state index in [2.05, 4.69) is 25.3 Å². The smallest absolute Gasteiger partial charge is 0.215 e. The zero-order chi connectivity index (χ0) is 16.4. The van der Waals surface area contributed by atoms with Crippen LogP contribution < -0.4 is 0 Å². The molecule has 0 saturated carbocycles. The molecule has 3 N–H and O–H groups in total. The van der Waals surface area contributed by atoms with E-state index in [1.165, 1.54) is 23.4 Å². The minimum absolute atomic E-state index is 0.0731. The van der Waals surface area contributed by atoms with Gasteiger partial charge in [0.25, 0.3) is 0 Å². The monoisotopic (exact) mass is 338 g/mol. The van der Waals surface area contributed by atoms with Gasteiger partial charge in [-0.15, -0.1) is 0 Å². The third kappa shape index (κ3) is 3.17. The van der Waals surface area contributed by atoms with Crippen LogP contribution in [0.5, 0.6) is 0 Å². The third-order valence-corrected chi connectivity index (χ3v) is 3.72. The summed E-state index contributed by atoms with van der Waals surface area (Å²) in [6, 6.07) is 2.99. The maximum atomic E-state index is 14.2. The standard InChI is InChI=1S/C13H12F2N6OS/c14-8-1-2-9(10(15)3-8)13(22,4-11-16-6-18-20-11)5-21-12(23)17-7-19-21/h1-3,6-7,22H,4-5H2,(H,16,18,20)(H,17,19,23). The number of nitrogens with zero attached hydrogens (tertiary/aromatic N) is 4. The Hall–Kier alpha value is -2.46. The summed E-state index contributed by atoms with van der Waals surface area (Å²) in [4.78, 5) is 7.79. The first kappa shape index (κ1) is 15.4. The van der Waals surface area contributed by atoms with Crippen molar-refractivity contribution in [1.82, 2.24) is 29.9 Å². The maximum Gasteiger partial charge on any atom is 0.215 e. The molecule has 0 radical (unpaired) electrons. The number of halogens is 2. The fraction of sp³-hybridized carbons (Fsp3) is 0.231. The number of hydrogen-bond donors (Lipinski definition) is 3. The van der Waals surface area contributed by atoms with Crippen molar-refractivity contribution in [3.05, 3.63) is 58.6 Å². The van der Waals surface area contributed by atoms with Crippen LogP contribution in [-0.4, -0.2) is 35.1 Å². The van der Waals surface area contributed by atoms with Crippen molar-refractivity contribution in [3.8, 4) is 0 Å². The van der Waals surface area contributed by atoms with Gasteiger partial charge in [-0.05, 0) is 18.3 Å². The molecule has 0 aliphatic rings. The van der Waals surface area contributed by atoms with Gasteiger partial charge < -0.3 is 5.11 Å². The van der Waals surface area contributed by atoms with E-state index in [0.717, 1.165) is 6.07 Å². The van der Waals surface area contributed by atoms with Crippen molar-refractivity contribution in [2.45, 2.75) is 18.6 Å². The van der Waals surface area contributed by atoms with Crippen molar-refractivity contribution in [1.29, 1.82) is 0 Å². The zero-order valence-corrected chi connectivity index (χ0v) is 12.5. The van der Waals surface area contributed by atoms with Crippen LogP contribution in [0.3, 0.4) is 0 Å². The van der Waals surface area contributed by atoms with Crippen molar-refractivity contribution < 1.29 is 13.9 Å². The van der Waals surface area contributed by atoms with Gasteiger partial charge in [-0.25, -0.2) is 18.7 Å². The molecule has 120 valence electrons. The average molecular weight is 338 g/mol. The lowest BCUT2D eigenvalue weighted by Crippen LogP contribution is -2.36. The number of aromatic nitrogens is 6. The summed E-state index contributed by atoms with van der Waals surface area (Å²) in [5.41, 5.74) is -1.81. The van der Waals surface area contributed by atoms with E-state index in [-0.39, 0.29) is 23.3 Å². The molecule has 3 aromatic rings. The van der Waals surface area contributed by atoms with E-state index in [9.17, 15) is 13.9 Å². The van der Waals surface area contributed by atoms with Gasteiger partial charge in [-0.3, -0.25) is 14.9 Å². The molecule has 1 unspecified atom stereocenters. The minimum atomic E-state index is -1.73. The third-order valence-electron chi connectivity index (χ3n) is 3.40. The Balaban J connectivity index is 2.05. The predicted octanol–water partition coefficient (Wildman–Crippen LogP) is 1.47. The lowest BCUT2D eigenvalue weighted by molar-refractivity contribution is 0.00948. The van der Waals surface area contributed by atoms with E-state index in [1.54, 1.807) is 0 Å². The first-order valence-corrected chi connectivity index (χ1v) is 7.01. The summed E-state index contributed by atoms with van der Waals surface area (Å²) in [5, 5.41) is 20.1. The van der Waals surface area contributed by atoms with E-state index in [4.69, 9.17) is 12.2 Å². The normalized spacial score (nSPS) is 13.9. The molecule has 1 aromatic carbocycles. The highest BCUT2D eigenvalue weighted by Gasteiger charge is 2.35. The van der Waals surface area contributed by atoms with Crippen molar-refractivity contribution in [2.24, 2.45) is 0 Å². The Labute approximate surface area is 134 Å². The van der Waals surface area contributed by atoms with Crippen LogP contribution in [0.15, 0.2) is 30.9 Å². The second-order valence-electron chi connectivity index (χ2n) is 5.02. The number of aliphatic hydroxyl groups is 1. The molecule has 0 amide bonds. The number of aromatic amines is 2. The molecule has 23 heavy (non-hydrogen) atoms. The zero-order valence-electron chi connectivity index (χ0n) is 11.7. The average Bonchev–Trinajstić information content (AvgIpc) is 3.11. The quantitative estimate of drug-likeness (QED) is 0.612. The van der Waals surface area contributed by atoms with Crippen LogP contribution in [-0.2, 0) is 18.6 Å². The molecule has 2 heterocycles. The summed E-state index contributed by atoms with van der Waals surface area (Å²) in [5.74, 6) is -1.24. The highest BCUT2D eigenvalue weighted by molar-refractivity contribution is 7.71. The van der Waals surface area contributed by atoms with E-state index < -0.39 is 17.2 Å². The summed E-state index contributed by atoms with van der Waals surface area (Å²) in [6.45, 7) is -0.116. The maximum absolute atomic E-state index is 14.2. The van der Waals surface area contributed by atoms with E-state index in [1.807, 2.05) is 0 Å². The number of rotatable bonds is 5. The van der Waals surface area contributed by atoms with Crippen molar-refractivity contribution in [3.63, 3.8) is 0 Å². The molecular formula is C13H12F2N6OS. The number of hydrogen-bond acceptors (Lipinski definition) is 5. The Morgan fingerprint density at radius 3 is 2.74 bits per heavy atom. The molecule has 1 atom stereocenters. The Morgan fingerprint density at radius 1 is 1.30 bits per heavy atom. The van der Waals surface area contributed by atoms with Gasteiger partial charge in [-0.2, -0.15) is 5.10 Å². The molecule has 0 spiro atoms. The molecule has 0 bridgehead atoms. The van der Waals surface area contributed by atoms with Gasteiger partial charge in [0.15, 0.2) is 0 Å². The summed E-state index contributed by atoms with van der Waals surface area (Å²) >= 11 is 5.02. The van der Waals surface area contributed by atoms with Crippen LogP contribution in [0.2, 0.25) is 0 Å². The summed E-state index contributed by atoms with van der Waals surface area (Å²) in [7, 11) is 0. The molecule has 0 fully saturated rings. The van der Waals surface area contributed by atoms with Crippen LogP contribution in [0.4, 0.5) is 8.78 Å². The van der Waals surface area contributed by atoms with Crippen LogP contribution in [0.1, 0.15) is 11.4 Å². The van der Waals surface area contributed by atoms with Crippen molar-refractivity contribution >= 4 is 12.2 Å². The van der Waals surface area contributed by atoms with Crippen LogP contribution in [0, 0.1) is 16.4 Å².